The van der Waals surface area contributed by atoms with Gasteiger partial charge in [-0.2, -0.15) is 13.2 Å². The Hall–Kier alpha value is -0.820. The van der Waals surface area contributed by atoms with Gasteiger partial charge >= 0.3 is 6.18 Å². The smallest absolute Gasteiger partial charge is 0.340 e. The predicted octanol–water partition coefficient (Wildman–Crippen LogP) is 1.99. The largest absolute Gasteiger partial charge is 0.403 e. The highest BCUT2D eigenvalue weighted by Crippen LogP contribution is 2.25. The topological polar surface area (TPSA) is 49.6 Å². The van der Waals surface area contributed by atoms with E-state index in [1.807, 2.05) is 0 Å². The zero-order chi connectivity index (χ0) is 15.9. The Morgan fingerprint density at radius 3 is 2.19 bits per heavy atom. The first kappa shape index (κ1) is 18.2. The van der Waals surface area contributed by atoms with E-state index in [1.54, 1.807) is 4.90 Å². The van der Waals surface area contributed by atoms with Crippen LogP contribution in [0.2, 0.25) is 0 Å². The number of halogens is 3. The van der Waals surface area contributed by atoms with Gasteiger partial charge in [-0.05, 0) is 26.3 Å². The molecule has 0 radical (unpaired) electrons. The summed E-state index contributed by atoms with van der Waals surface area (Å²) in [7, 11) is 0. The van der Waals surface area contributed by atoms with Crippen LogP contribution in [0.3, 0.4) is 0 Å². The lowest BCUT2D eigenvalue weighted by atomic mass is 10.1. The highest BCUT2D eigenvalue weighted by Gasteiger charge is 2.41. The monoisotopic (exact) mass is 309 g/mol. The minimum absolute atomic E-state index is 0.0575. The van der Waals surface area contributed by atoms with E-state index in [2.05, 4.69) is 0 Å². The summed E-state index contributed by atoms with van der Waals surface area (Å²) in [6.07, 6.45) is 0.101. The number of carbonyl (C=O) groups excluding carboxylic acids is 1. The van der Waals surface area contributed by atoms with E-state index in [1.165, 1.54) is 11.8 Å². The summed E-state index contributed by atoms with van der Waals surface area (Å²) < 4.78 is 37.9. The van der Waals surface area contributed by atoms with Crippen molar-refractivity contribution in [2.45, 2.75) is 51.2 Å². The van der Waals surface area contributed by atoms with Crippen molar-refractivity contribution < 1.29 is 18.0 Å². The Labute approximate surface area is 124 Å². The van der Waals surface area contributed by atoms with Crippen LogP contribution in [0.5, 0.6) is 0 Å². The summed E-state index contributed by atoms with van der Waals surface area (Å²) in [5.41, 5.74) is 5.40. The second-order valence-corrected chi connectivity index (χ2v) is 5.59. The third-order valence-electron chi connectivity index (χ3n) is 4.03. The van der Waals surface area contributed by atoms with Crippen molar-refractivity contribution >= 4 is 5.91 Å². The van der Waals surface area contributed by atoms with Gasteiger partial charge in [-0.15, -0.1) is 0 Å². The molecule has 0 aliphatic carbocycles. The van der Waals surface area contributed by atoms with Gasteiger partial charge in [-0.25, -0.2) is 0 Å². The number of amides is 1. The SMILES string of the molecule is CC(N1CCN(C(=O)CCCCCCN)CC1)C(F)(F)F. The summed E-state index contributed by atoms with van der Waals surface area (Å²) >= 11 is 0. The van der Waals surface area contributed by atoms with Crippen LogP contribution in [0.25, 0.3) is 0 Å². The molecule has 2 N–H and O–H groups in total. The number of unbranched alkanes of at least 4 members (excludes halogenated alkanes) is 3. The fourth-order valence-corrected chi connectivity index (χ4v) is 2.50. The fourth-order valence-electron chi connectivity index (χ4n) is 2.50. The van der Waals surface area contributed by atoms with Gasteiger partial charge in [-0.3, -0.25) is 9.69 Å². The van der Waals surface area contributed by atoms with Crippen molar-refractivity contribution in [1.82, 2.24) is 9.80 Å². The molecule has 1 unspecified atom stereocenters. The van der Waals surface area contributed by atoms with Crippen LogP contribution >= 0.6 is 0 Å². The van der Waals surface area contributed by atoms with Crippen molar-refractivity contribution in [1.29, 1.82) is 0 Å². The van der Waals surface area contributed by atoms with Gasteiger partial charge < -0.3 is 10.6 Å². The minimum atomic E-state index is -4.20. The molecule has 0 spiro atoms. The molecule has 1 atom stereocenters. The molecule has 1 heterocycles. The van der Waals surface area contributed by atoms with Gasteiger partial charge in [0.05, 0.1) is 0 Å². The second kappa shape index (κ2) is 8.58. The molecule has 124 valence electrons. The first-order valence-electron chi connectivity index (χ1n) is 7.65. The zero-order valence-corrected chi connectivity index (χ0v) is 12.7. The number of rotatable bonds is 7. The summed E-state index contributed by atoms with van der Waals surface area (Å²) in [6.45, 7) is 3.21. The summed E-state index contributed by atoms with van der Waals surface area (Å²) in [4.78, 5) is 15.0. The molecule has 0 aromatic carbocycles. The maximum Gasteiger partial charge on any atom is 0.403 e. The van der Waals surface area contributed by atoms with Crippen molar-refractivity contribution in [2.24, 2.45) is 5.73 Å². The lowest BCUT2D eigenvalue weighted by Crippen LogP contribution is -2.54. The average molecular weight is 309 g/mol. The third-order valence-corrected chi connectivity index (χ3v) is 4.03. The first-order valence-corrected chi connectivity index (χ1v) is 7.65. The van der Waals surface area contributed by atoms with Crippen molar-refractivity contribution in [3.8, 4) is 0 Å². The van der Waals surface area contributed by atoms with Crippen LogP contribution in [0.15, 0.2) is 0 Å². The molecule has 1 aliphatic heterocycles. The Morgan fingerprint density at radius 2 is 1.67 bits per heavy atom. The molecule has 1 fully saturated rings. The number of hydrogen-bond donors (Lipinski definition) is 1. The summed E-state index contributed by atoms with van der Waals surface area (Å²) in [6, 6.07) is -1.44. The number of piperazine rings is 1. The van der Waals surface area contributed by atoms with Gasteiger partial charge in [0.15, 0.2) is 0 Å². The molecule has 4 nitrogen and oxygen atoms in total. The van der Waals surface area contributed by atoms with Gasteiger partial charge in [0.25, 0.3) is 0 Å². The standard InChI is InChI=1S/C14H26F3N3O/c1-12(14(15,16)17)19-8-10-20(11-9-19)13(21)6-4-2-3-5-7-18/h12H,2-11,18H2,1H3. The second-order valence-electron chi connectivity index (χ2n) is 5.59. The Kier molecular flexibility index (Phi) is 7.45. The van der Waals surface area contributed by atoms with E-state index in [0.717, 1.165) is 25.7 Å². The Morgan fingerprint density at radius 1 is 1.10 bits per heavy atom. The van der Waals surface area contributed by atoms with Gasteiger partial charge in [-0.1, -0.05) is 12.8 Å². The maximum atomic E-state index is 12.6. The third kappa shape index (κ3) is 6.22. The van der Waals surface area contributed by atoms with Crippen LogP contribution in [-0.4, -0.2) is 60.6 Å². The van der Waals surface area contributed by atoms with Crippen molar-refractivity contribution in [3.05, 3.63) is 0 Å². The maximum absolute atomic E-state index is 12.6. The van der Waals surface area contributed by atoms with E-state index < -0.39 is 12.2 Å². The number of nitrogens with two attached hydrogens (primary N) is 1. The number of nitrogens with zero attached hydrogens (tertiary/aromatic N) is 2. The number of alkyl halides is 3. The lowest BCUT2D eigenvalue weighted by molar-refractivity contribution is -0.183. The van der Waals surface area contributed by atoms with E-state index in [0.29, 0.717) is 39.1 Å². The summed E-state index contributed by atoms with van der Waals surface area (Å²) in [5, 5.41) is 0. The van der Waals surface area contributed by atoms with Gasteiger partial charge in [0.2, 0.25) is 5.91 Å². The average Bonchev–Trinajstić information content (AvgIpc) is 2.45. The first-order chi connectivity index (χ1) is 9.86. The quantitative estimate of drug-likeness (QED) is 0.732. The number of carbonyl (C=O) groups is 1. The van der Waals surface area contributed by atoms with Crippen LogP contribution < -0.4 is 5.73 Å². The lowest BCUT2D eigenvalue weighted by Gasteiger charge is -2.38. The van der Waals surface area contributed by atoms with Crippen LogP contribution in [0.4, 0.5) is 13.2 Å². The van der Waals surface area contributed by atoms with Gasteiger partial charge in [0, 0.05) is 32.6 Å². The summed E-state index contributed by atoms with van der Waals surface area (Å²) in [5.74, 6) is 0.0575. The molecular formula is C14H26F3N3O. The van der Waals surface area contributed by atoms with E-state index in [4.69, 9.17) is 5.73 Å². The van der Waals surface area contributed by atoms with Crippen LogP contribution in [0, 0.1) is 0 Å². The predicted molar refractivity (Wildman–Crippen MR) is 75.8 cm³/mol. The molecule has 1 saturated heterocycles. The normalized spacial score (nSPS) is 18.8. The molecule has 0 aromatic heterocycles. The van der Waals surface area contributed by atoms with Crippen molar-refractivity contribution in [3.63, 3.8) is 0 Å². The molecule has 21 heavy (non-hydrogen) atoms. The Balaban J connectivity index is 2.24. The molecule has 0 saturated carbocycles. The van der Waals surface area contributed by atoms with E-state index in [-0.39, 0.29) is 5.91 Å². The minimum Gasteiger partial charge on any atom is -0.340 e. The number of hydrogen-bond acceptors (Lipinski definition) is 3. The Bertz CT molecular complexity index is 315. The van der Waals surface area contributed by atoms with E-state index >= 15 is 0 Å². The van der Waals surface area contributed by atoms with Gasteiger partial charge in [0.1, 0.15) is 6.04 Å². The molecule has 1 rings (SSSR count). The molecular weight excluding hydrogens is 283 g/mol. The van der Waals surface area contributed by atoms with Crippen molar-refractivity contribution in [2.75, 3.05) is 32.7 Å². The zero-order valence-electron chi connectivity index (χ0n) is 12.7. The molecule has 0 bridgehead atoms. The highest BCUT2D eigenvalue weighted by atomic mass is 19.4. The van der Waals surface area contributed by atoms with Crippen LogP contribution in [0.1, 0.15) is 39.0 Å². The fraction of sp³-hybridized carbons (Fsp3) is 0.929. The molecule has 7 heteroatoms. The van der Waals surface area contributed by atoms with Crippen LogP contribution in [-0.2, 0) is 4.79 Å². The highest BCUT2D eigenvalue weighted by molar-refractivity contribution is 5.76. The molecule has 0 aromatic rings. The molecule has 1 aliphatic rings. The molecule has 1 amide bonds. The van der Waals surface area contributed by atoms with E-state index in [9.17, 15) is 18.0 Å².